The van der Waals surface area contributed by atoms with Crippen LogP contribution >= 0.6 is 0 Å². The normalized spacial score (nSPS) is 22.2. The third-order valence-electron chi connectivity index (χ3n) is 10.9. The molecule has 2 saturated carbocycles. The SMILES string of the molecule is COc1cc(C(=O)N2CC3CCC2[C@@H]3N)cc2nc(-c3cc4cccnc4n3CC3CC3)n(CC3CN(C(=O)c4ccnc(C)n4)C3)c12. The van der Waals surface area contributed by atoms with Crippen LogP contribution in [0.1, 0.15) is 52.4 Å². The molecule has 246 valence electrons. The summed E-state index contributed by atoms with van der Waals surface area (Å²) in [4.78, 5) is 49.5. The zero-order valence-corrected chi connectivity index (χ0v) is 27.2. The molecule has 2 unspecified atom stereocenters. The molecule has 2 aliphatic carbocycles. The van der Waals surface area contributed by atoms with E-state index < -0.39 is 0 Å². The second-order valence-electron chi connectivity index (χ2n) is 14.1. The van der Waals surface area contributed by atoms with E-state index in [0.29, 0.717) is 66.4 Å². The summed E-state index contributed by atoms with van der Waals surface area (Å²) in [5.74, 6) is 3.07. The zero-order chi connectivity index (χ0) is 32.7. The molecular formula is C36H39N9O3. The second-order valence-corrected chi connectivity index (χ2v) is 14.1. The van der Waals surface area contributed by atoms with E-state index in [4.69, 9.17) is 20.4 Å². The Hall–Kier alpha value is -4.84. The number of amides is 2. The molecule has 48 heavy (non-hydrogen) atoms. The summed E-state index contributed by atoms with van der Waals surface area (Å²) in [6.07, 6.45) is 7.92. The van der Waals surface area contributed by atoms with E-state index in [9.17, 15) is 9.59 Å². The largest absolute Gasteiger partial charge is 0.494 e. The Morgan fingerprint density at radius 2 is 1.75 bits per heavy atom. The molecule has 6 heterocycles. The Kier molecular flexibility index (Phi) is 6.79. The number of imidazole rings is 1. The highest BCUT2D eigenvalue weighted by atomic mass is 16.5. The molecule has 0 spiro atoms. The summed E-state index contributed by atoms with van der Waals surface area (Å²) < 4.78 is 10.6. The number of benzene rings is 1. The van der Waals surface area contributed by atoms with Crippen molar-refractivity contribution in [2.45, 2.75) is 57.8 Å². The Morgan fingerprint density at radius 1 is 0.917 bits per heavy atom. The summed E-state index contributed by atoms with van der Waals surface area (Å²) >= 11 is 0. The molecule has 3 atom stereocenters. The van der Waals surface area contributed by atoms with Gasteiger partial charge < -0.3 is 29.4 Å². The van der Waals surface area contributed by atoms with Crippen molar-refractivity contribution >= 4 is 33.9 Å². The Balaban J connectivity index is 1.12. The van der Waals surface area contributed by atoms with E-state index in [1.165, 1.54) is 12.8 Å². The molecule has 2 N–H and O–H groups in total. The van der Waals surface area contributed by atoms with Gasteiger partial charge in [0.2, 0.25) is 0 Å². The van der Waals surface area contributed by atoms with Crippen molar-refractivity contribution < 1.29 is 14.3 Å². The summed E-state index contributed by atoms with van der Waals surface area (Å²) in [6.45, 7) is 5.20. The number of pyridine rings is 1. The molecule has 12 nitrogen and oxygen atoms in total. The first kappa shape index (κ1) is 29.3. The molecular weight excluding hydrogens is 606 g/mol. The van der Waals surface area contributed by atoms with Gasteiger partial charge in [0.25, 0.3) is 11.8 Å². The maximum atomic E-state index is 13.9. The minimum absolute atomic E-state index is 0.0193. The van der Waals surface area contributed by atoms with Gasteiger partial charge in [0.05, 0.1) is 18.3 Å². The molecule has 5 aromatic rings. The first-order valence-electron chi connectivity index (χ1n) is 17.0. The number of nitrogens with two attached hydrogens (primary N) is 1. The minimum atomic E-state index is -0.0841. The van der Waals surface area contributed by atoms with Crippen LogP contribution in [0.2, 0.25) is 0 Å². The van der Waals surface area contributed by atoms with Gasteiger partial charge in [0, 0.05) is 74.1 Å². The molecule has 12 heteroatoms. The van der Waals surface area contributed by atoms with Crippen molar-refractivity contribution in [2.24, 2.45) is 23.5 Å². The van der Waals surface area contributed by atoms with Crippen molar-refractivity contribution in [3.05, 3.63) is 65.9 Å². The highest BCUT2D eigenvalue weighted by Crippen LogP contribution is 2.41. The maximum absolute atomic E-state index is 13.9. The van der Waals surface area contributed by atoms with Crippen LogP contribution in [0.3, 0.4) is 0 Å². The molecule has 1 aromatic carbocycles. The third-order valence-corrected chi connectivity index (χ3v) is 10.9. The highest BCUT2D eigenvalue weighted by Gasteiger charge is 2.47. The van der Waals surface area contributed by atoms with Gasteiger partial charge in [-0.2, -0.15) is 0 Å². The van der Waals surface area contributed by atoms with Crippen molar-refractivity contribution in [2.75, 3.05) is 26.7 Å². The highest BCUT2D eigenvalue weighted by molar-refractivity contribution is 6.00. The molecule has 9 rings (SSSR count). The molecule has 2 saturated heterocycles. The predicted molar refractivity (Wildman–Crippen MR) is 179 cm³/mol. The Labute approximate surface area is 277 Å². The monoisotopic (exact) mass is 645 g/mol. The van der Waals surface area contributed by atoms with E-state index in [2.05, 4.69) is 31.2 Å². The molecule has 2 bridgehead atoms. The lowest BCUT2D eigenvalue weighted by Gasteiger charge is -2.39. The quantitative estimate of drug-likeness (QED) is 0.268. The number of carbonyl (C=O) groups excluding carboxylic acids is 2. The lowest BCUT2D eigenvalue weighted by atomic mass is 9.99. The number of rotatable bonds is 8. The van der Waals surface area contributed by atoms with E-state index in [-0.39, 0.29) is 29.8 Å². The number of piperidine rings is 1. The number of nitrogens with zero attached hydrogens (tertiary/aromatic N) is 8. The summed E-state index contributed by atoms with van der Waals surface area (Å²) in [7, 11) is 1.65. The number of carbonyl (C=O) groups is 2. The maximum Gasteiger partial charge on any atom is 0.272 e. The van der Waals surface area contributed by atoms with Gasteiger partial charge in [-0.25, -0.2) is 19.9 Å². The van der Waals surface area contributed by atoms with E-state index in [1.54, 1.807) is 26.3 Å². The first-order valence-corrected chi connectivity index (χ1v) is 17.0. The van der Waals surface area contributed by atoms with Crippen molar-refractivity contribution in [1.82, 2.24) is 38.9 Å². The number of hydrogen-bond donors (Lipinski definition) is 1. The van der Waals surface area contributed by atoms with Crippen LogP contribution in [-0.4, -0.2) is 89.5 Å². The number of methoxy groups -OCH3 is 1. The van der Waals surface area contributed by atoms with Crippen LogP contribution in [0.25, 0.3) is 33.6 Å². The van der Waals surface area contributed by atoms with E-state index in [1.807, 2.05) is 34.2 Å². The Bertz CT molecular complexity index is 2090. The van der Waals surface area contributed by atoms with Crippen molar-refractivity contribution in [3.8, 4) is 17.3 Å². The molecule has 2 amide bonds. The predicted octanol–water partition coefficient (Wildman–Crippen LogP) is 3.90. The standard InChI is InChI=1S/C36H39N9O3/c1-20-38-11-9-26(40-20)36(47)42-15-22(16-42)18-45-32-27(12-25(14-30(32)48-2)35(46)44-19-24-7-8-28(44)31(24)37)41-34(45)29-13-23-4-3-10-39-33(23)43(29)17-21-5-6-21/h3-4,9-14,21-22,24,28,31H,5-8,15-19,37H2,1-2H3/t24?,28?,31-/m1/s1. The number of hydrogen-bond acceptors (Lipinski definition) is 8. The fourth-order valence-electron chi connectivity index (χ4n) is 8.19. The average molecular weight is 646 g/mol. The second kappa shape index (κ2) is 11.1. The van der Waals surface area contributed by atoms with Gasteiger partial charge in [-0.1, -0.05) is 0 Å². The smallest absolute Gasteiger partial charge is 0.272 e. The lowest BCUT2D eigenvalue weighted by Crippen LogP contribution is -2.51. The van der Waals surface area contributed by atoms with Crippen LogP contribution in [0, 0.1) is 24.7 Å². The van der Waals surface area contributed by atoms with E-state index >= 15 is 0 Å². The number of aryl methyl sites for hydroxylation is 1. The molecule has 0 radical (unpaired) electrons. The molecule has 4 fully saturated rings. The summed E-state index contributed by atoms with van der Waals surface area (Å²) in [5.41, 5.74) is 10.9. The van der Waals surface area contributed by atoms with Gasteiger partial charge >= 0.3 is 0 Å². The molecule has 4 aromatic heterocycles. The van der Waals surface area contributed by atoms with Gasteiger partial charge in [-0.3, -0.25) is 9.59 Å². The fraction of sp³-hybridized carbons (Fsp3) is 0.444. The van der Waals surface area contributed by atoms with Crippen LogP contribution < -0.4 is 10.5 Å². The third kappa shape index (κ3) is 4.75. The molecule has 4 aliphatic rings. The van der Waals surface area contributed by atoms with Crippen LogP contribution in [0.5, 0.6) is 5.75 Å². The van der Waals surface area contributed by atoms with E-state index in [0.717, 1.165) is 47.5 Å². The van der Waals surface area contributed by atoms with Gasteiger partial charge in [0.1, 0.15) is 28.4 Å². The summed E-state index contributed by atoms with van der Waals surface area (Å²) in [6, 6.07) is 11.8. The minimum Gasteiger partial charge on any atom is -0.494 e. The molecule has 2 aliphatic heterocycles. The average Bonchev–Trinajstić information content (AvgIpc) is 3.43. The fourth-order valence-corrected chi connectivity index (χ4v) is 8.19. The van der Waals surface area contributed by atoms with Crippen LogP contribution in [-0.2, 0) is 13.1 Å². The Morgan fingerprint density at radius 3 is 2.48 bits per heavy atom. The number of likely N-dealkylation sites (tertiary alicyclic amines) is 2. The lowest BCUT2D eigenvalue weighted by molar-refractivity contribution is 0.0465. The number of ether oxygens (including phenoxy) is 1. The van der Waals surface area contributed by atoms with Gasteiger partial charge in [0.15, 0.2) is 5.82 Å². The zero-order valence-electron chi connectivity index (χ0n) is 27.2. The number of aromatic nitrogens is 6. The number of fused-ring (bicyclic) bond motifs is 4. The van der Waals surface area contributed by atoms with Crippen LogP contribution in [0.4, 0.5) is 0 Å². The van der Waals surface area contributed by atoms with Crippen molar-refractivity contribution in [1.29, 1.82) is 0 Å². The topological polar surface area (TPSA) is 137 Å². The van der Waals surface area contributed by atoms with Crippen LogP contribution in [0.15, 0.2) is 48.8 Å². The van der Waals surface area contributed by atoms with Crippen molar-refractivity contribution in [3.63, 3.8) is 0 Å². The summed E-state index contributed by atoms with van der Waals surface area (Å²) in [5, 5.41) is 1.07. The first-order chi connectivity index (χ1) is 23.4. The van der Waals surface area contributed by atoms with Gasteiger partial charge in [-0.15, -0.1) is 0 Å². The van der Waals surface area contributed by atoms with Gasteiger partial charge in [-0.05, 0) is 80.8 Å².